The zero-order valence-electron chi connectivity index (χ0n) is 17.3. The lowest BCUT2D eigenvalue weighted by Gasteiger charge is -2.59. The van der Waals surface area contributed by atoms with Crippen molar-refractivity contribution in [2.45, 2.75) is 59.0 Å². The van der Waals surface area contributed by atoms with Gasteiger partial charge in [0.1, 0.15) is 5.82 Å². The van der Waals surface area contributed by atoms with E-state index in [0.29, 0.717) is 5.56 Å². The second-order valence-electron chi connectivity index (χ2n) is 8.30. The Kier molecular flexibility index (Phi) is 6.69. The highest BCUT2D eigenvalue weighted by Gasteiger charge is 2.67. The van der Waals surface area contributed by atoms with E-state index in [-0.39, 0.29) is 25.2 Å². The summed E-state index contributed by atoms with van der Waals surface area (Å²) in [5.74, 6) is -3.62. The first-order valence-electron chi connectivity index (χ1n) is 9.94. The van der Waals surface area contributed by atoms with Gasteiger partial charge >= 0.3 is 11.9 Å². The molecule has 2 rings (SSSR count). The summed E-state index contributed by atoms with van der Waals surface area (Å²) in [4.78, 5) is 25.4. The van der Waals surface area contributed by atoms with E-state index in [2.05, 4.69) is 5.32 Å². The Morgan fingerprint density at radius 3 is 2.17 bits per heavy atom. The number of hydrogen-bond acceptors (Lipinski definition) is 4. The van der Waals surface area contributed by atoms with Crippen LogP contribution < -0.4 is 5.32 Å². The summed E-state index contributed by atoms with van der Waals surface area (Å²) in [5.41, 5.74) is -2.26. The van der Waals surface area contributed by atoms with E-state index < -0.39 is 46.6 Å². The molecule has 1 aliphatic heterocycles. The lowest BCUT2D eigenvalue weighted by Crippen LogP contribution is -2.69. The zero-order valence-corrected chi connectivity index (χ0v) is 17.3. The Morgan fingerprint density at radius 1 is 1.21 bits per heavy atom. The molecule has 158 valence electrons. The Bertz CT molecular complexity index is 804. The van der Waals surface area contributed by atoms with Crippen LogP contribution in [0.15, 0.2) is 24.3 Å². The molecule has 7 heteroatoms. The fourth-order valence-corrected chi connectivity index (χ4v) is 5.59. The van der Waals surface area contributed by atoms with Crippen molar-refractivity contribution >= 4 is 11.9 Å². The van der Waals surface area contributed by atoms with Gasteiger partial charge in [-0.05, 0) is 49.3 Å². The van der Waals surface area contributed by atoms with Crippen LogP contribution in [-0.4, -0.2) is 28.2 Å². The predicted octanol–water partition coefficient (Wildman–Crippen LogP) is 3.99. The summed E-state index contributed by atoms with van der Waals surface area (Å²) in [6.45, 7) is 7.15. The molecular weight excluding hydrogens is 375 g/mol. The van der Waals surface area contributed by atoms with Gasteiger partial charge in [-0.25, -0.2) is 4.39 Å². The number of aliphatic carboxylic acids is 2. The molecule has 0 aliphatic carbocycles. The van der Waals surface area contributed by atoms with Gasteiger partial charge in [-0.2, -0.15) is 5.26 Å². The van der Waals surface area contributed by atoms with Crippen LogP contribution in [0.4, 0.5) is 4.39 Å². The van der Waals surface area contributed by atoms with Crippen LogP contribution in [0.3, 0.4) is 0 Å². The van der Waals surface area contributed by atoms with Gasteiger partial charge in [-0.15, -0.1) is 0 Å². The fraction of sp³-hybridized carbons (Fsp3) is 0.591. The predicted molar refractivity (Wildman–Crippen MR) is 105 cm³/mol. The first kappa shape index (κ1) is 22.8. The Hall–Kier alpha value is -2.46. The van der Waals surface area contributed by atoms with Crippen molar-refractivity contribution in [3.05, 3.63) is 35.6 Å². The minimum absolute atomic E-state index is 0.0160. The molecule has 3 N–H and O–H groups in total. The van der Waals surface area contributed by atoms with Crippen LogP contribution in [0, 0.1) is 39.8 Å². The molecule has 6 nitrogen and oxygen atoms in total. The van der Waals surface area contributed by atoms with Gasteiger partial charge in [-0.3, -0.25) is 9.59 Å². The number of nitrogens with zero attached hydrogens (tertiary/aromatic N) is 1. The van der Waals surface area contributed by atoms with Crippen LogP contribution in [0.2, 0.25) is 0 Å². The van der Waals surface area contributed by atoms with Gasteiger partial charge in [0, 0.05) is 18.5 Å². The summed E-state index contributed by atoms with van der Waals surface area (Å²) in [5, 5.41) is 33.2. The third-order valence-electron chi connectivity index (χ3n) is 6.72. The van der Waals surface area contributed by atoms with Gasteiger partial charge < -0.3 is 15.5 Å². The van der Waals surface area contributed by atoms with Gasteiger partial charge in [0.15, 0.2) is 0 Å². The standard InChI is InChI=1S/C22H29FN2O4/c1-5-21(19(26)27)17(13(2)3)22(20(28)29,11-6-12-24)14(4)25-18(21)15-7-9-16(23)10-8-15/h7-10,13-14,17-18,25H,5-6,11H2,1-4H3,(H,26,27)(H,28,29). The van der Waals surface area contributed by atoms with E-state index in [1.807, 2.05) is 19.9 Å². The number of carbonyl (C=O) groups is 2. The summed E-state index contributed by atoms with van der Waals surface area (Å²) in [6, 6.07) is 6.40. The molecule has 1 aliphatic rings. The highest BCUT2D eigenvalue weighted by Crippen LogP contribution is 2.60. The van der Waals surface area contributed by atoms with Gasteiger partial charge in [0.05, 0.1) is 16.9 Å². The van der Waals surface area contributed by atoms with E-state index in [1.54, 1.807) is 26.0 Å². The number of carboxylic acid groups (broad SMARTS) is 2. The van der Waals surface area contributed by atoms with Crippen molar-refractivity contribution < 1.29 is 24.2 Å². The first-order chi connectivity index (χ1) is 13.6. The maximum Gasteiger partial charge on any atom is 0.311 e. The van der Waals surface area contributed by atoms with E-state index in [9.17, 15) is 24.2 Å². The molecule has 0 radical (unpaired) electrons. The molecule has 1 aromatic rings. The molecule has 5 atom stereocenters. The Morgan fingerprint density at radius 2 is 1.76 bits per heavy atom. The molecule has 5 unspecified atom stereocenters. The maximum absolute atomic E-state index is 13.5. The second kappa shape index (κ2) is 8.50. The smallest absolute Gasteiger partial charge is 0.311 e. The van der Waals surface area contributed by atoms with Gasteiger partial charge in [-0.1, -0.05) is 32.9 Å². The average molecular weight is 404 g/mol. The van der Waals surface area contributed by atoms with E-state index in [0.717, 1.165) is 0 Å². The minimum atomic E-state index is -1.44. The quantitative estimate of drug-likeness (QED) is 0.634. The average Bonchev–Trinajstić information content (AvgIpc) is 2.66. The monoisotopic (exact) mass is 404 g/mol. The topological polar surface area (TPSA) is 110 Å². The molecule has 1 saturated heterocycles. The normalized spacial score (nSPS) is 32.0. The molecule has 1 heterocycles. The summed E-state index contributed by atoms with van der Waals surface area (Å²) in [6.07, 6.45) is 0.262. The number of carboxylic acids is 2. The maximum atomic E-state index is 13.5. The second-order valence-corrected chi connectivity index (χ2v) is 8.30. The number of rotatable bonds is 7. The van der Waals surface area contributed by atoms with Crippen LogP contribution in [0.1, 0.15) is 58.6 Å². The van der Waals surface area contributed by atoms with Crippen LogP contribution >= 0.6 is 0 Å². The molecule has 0 amide bonds. The van der Waals surface area contributed by atoms with Crippen molar-refractivity contribution in [1.82, 2.24) is 5.32 Å². The van der Waals surface area contributed by atoms with Crippen molar-refractivity contribution in [1.29, 1.82) is 5.26 Å². The number of nitriles is 1. The molecule has 1 fully saturated rings. The van der Waals surface area contributed by atoms with Crippen molar-refractivity contribution in [3.8, 4) is 6.07 Å². The number of benzene rings is 1. The third kappa shape index (κ3) is 3.51. The number of nitrogens with one attached hydrogen (secondary N) is 1. The lowest BCUT2D eigenvalue weighted by atomic mass is 9.48. The molecular formula is C22H29FN2O4. The molecule has 0 spiro atoms. The third-order valence-corrected chi connectivity index (χ3v) is 6.72. The van der Waals surface area contributed by atoms with Crippen LogP contribution in [0.25, 0.3) is 0 Å². The van der Waals surface area contributed by atoms with Gasteiger partial charge in [0.2, 0.25) is 0 Å². The molecule has 0 saturated carbocycles. The minimum Gasteiger partial charge on any atom is -0.481 e. The molecule has 29 heavy (non-hydrogen) atoms. The van der Waals surface area contributed by atoms with Crippen LogP contribution in [-0.2, 0) is 9.59 Å². The van der Waals surface area contributed by atoms with Crippen molar-refractivity contribution in [2.75, 3.05) is 0 Å². The van der Waals surface area contributed by atoms with E-state index in [1.165, 1.54) is 12.1 Å². The summed E-state index contributed by atoms with van der Waals surface area (Å²) < 4.78 is 13.5. The molecule has 0 aromatic heterocycles. The number of halogens is 1. The number of piperidine rings is 1. The Balaban J connectivity index is 2.81. The Labute approximate surface area is 170 Å². The van der Waals surface area contributed by atoms with Crippen molar-refractivity contribution in [3.63, 3.8) is 0 Å². The number of hydrogen-bond donors (Lipinski definition) is 3. The largest absolute Gasteiger partial charge is 0.481 e. The van der Waals surface area contributed by atoms with E-state index in [4.69, 9.17) is 5.26 Å². The zero-order chi connectivity index (χ0) is 22.0. The SMILES string of the molecule is CCC1(C(=O)O)C(c2ccc(F)cc2)NC(C)C(CCC#N)(C(=O)O)C1C(C)C. The van der Waals surface area contributed by atoms with Gasteiger partial charge in [0.25, 0.3) is 0 Å². The summed E-state index contributed by atoms with van der Waals surface area (Å²) >= 11 is 0. The highest BCUT2D eigenvalue weighted by molar-refractivity contribution is 5.82. The molecule has 1 aromatic carbocycles. The first-order valence-corrected chi connectivity index (χ1v) is 9.94. The van der Waals surface area contributed by atoms with E-state index >= 15 is 0 Å². The summed E-state index contributed by atoms with van der Waals surface area (Å²) in [7, 11) is 0. The van der Waals surface area contributed by atoms with Crippen LogP contribution in [0.5, 0.6) is 0 Å². The lowest BCUT2D eigenvalue weighted by molar-refractivity contribution is -0.189. The van der Waals surface area contributed by atoms with Crippen molar-refractivity contribution in [2.24, 2.45) is 22.7 Å². The molecule has 0 bridgehead atoms. The fourth-order valence-electron chi connectivity index (χ4n) is 5.59. The highest BCUT2D eigenvalue weighted by atomic mass is 19.1.